The molecule has 1 aromatic rings. The van der Waals surface area contributed by atoms with Crippen LogP contribution in [0.3, 0.4) is 0 Å². The largest absolute Gasteiger partial charge is 0.462 e. The summed E-state index contributed by atoms with van der Waals surface area (Å²) in [5.74, 6) is -0.646. The van der Waals surface area contributed by atoms with Gasteiger partial charge < -0.3 is 9.47 Å². The van der Waals surface area contributed by atoms with Crippen LogP contribution in [-0.4, -0.2) is 38.1 Å². The Morgan fingerprint density at radius 3 is 1.89 bits per heavy atom. The van der Waals surface area contributed by atoms with Gasteiger partial charge in [-0.2, -0.15) is 8.42 Å². The monoisotopic (exact) mass is 414 g/mol. The second kappa shape index (κ2) is 11.2. The fraction of sp³-hybridized carbons (Fsp3) is 0.600. The second-order valence-corrected chi connectivity index (χ2v) is 8.92. The quantitative estimate of drug-likeness (QED) is 0.330. The highest BCUT2D eigenvalue weighted by Gasteiger charge is 2.24. The fourth-order valence-electron chi connectivity index (χ4n) is 2.51. The predicted molar refractivity (Wildman–Crippen MR) is 105 cm³/mol. The Kier molecular flexibility index (Phi) is 9.61. The molecule has 0 saturated carbocycles. The van der Waals surface area contributed by atoms with Crippen LogP contribution in [0.15, 0.2) is 23.1 Å². The van der Waals surface area contributed by atoms with E-state index < -0.39 is 27.0 Å². The van der Waals surface area contributed by atoms with Crippen LogP contribution in [0.25, 0.3) is 0 Å². The number of carbonyl (C=O) groups excluding carboxylic acids is 2. The first-order chi connectivity index (χ1) is 13.0. The number of benzene rings is 1. The van der Waals surface area contributed by atoms with Gasteiger partial charge in [0.2, 0.25) is 0 Å². The molecule has 1 aromatic carbocycles. The molecule has 8 heteroatoms. The summed E-state index contributed by atoms with van der Waals surface area (Å²) < 4.78 is 43.0. The summed E-state index contributed by atoms with van der Waals surface area (Å²) in [5.41, 5.74) is -0.378. The minimum atomic E-state index is -4.72. The molecule has 1 N–H and O–H groups in total. The van der Waals surface area contributed by atoms with E-state index in [1.165, 1.54) is 6.07 Å². The number of ether oxygens (including phenoxy) is 2. The number of hydrogen-bond acceptors (Lipinski definition) is 6. The SMILES string of the molecule is CC(C)CCCOC(=O)c1ccc(C(=O)OCCCC(C)C)c(S(=O)(=O)O)c1. The van der Waals surface area contributed by atoms with Crippen LogP contribution in [0, 0.1) is 11.8 Å². The molecule has 0 spiro atoms. The van der Waals surface area contributed by atoms with Crippen molar-refractivity contribution in [1.82, 2.24) is 0 Å². The zero-order chi connectivity index (χ0) is 21.3. The molecule has 0 aliphatic carbocycles. The van der Waals surface area contributed by atoms with Crippen LogP contribution < -0.4 is 0 Å². The molecule has 0 heterocycles. The average molecular weight is 415 g/mol. The highest BCUT2D eigenvalue weighted by molar-refractivity contribution is 7.86. The van der Waals surface area contributed by atoms with Crippen molar-refractivity contribution in [2.75, 3.05) is 13.2 Å². The molecule has 0 aromatic heterocycles. The molecule has 0 atom stereocenters. The maximum atomic E-state index is 12.2. The molecule has 0 saturated heterocycles. The minimum Gasteiger partial charge on any atom is -0.462 e. The van der Waals surface area contributed by atoms with E-state index in [4.69, 9.17) is 9.47 Å². The molecule has 0 bridgehead atoms. The van der Waals surface area contributed by atoms with Crippen LogP contribution in [0.4, 0.5) is 0 Å². The Bertz CT molecular complexity index is 767. The van der Waals surface area contributed by atoms with Gasteiger partial charge in [-0.1, -0.05) is 27.7 Å². The van der Waals surface area contributed by atoms with Gasteiger partial charge in [0.25, 0.3) is 10.1 Å². The molecule has 0 fully saturated rings. The molecular weight excluding hydrogens is 384 g/mol. The van der Waals surface area contributed by atoms with Gasteiger partial charge in [0.05, 0.1) is 24.3 Å². The smallest absolute Gasteiger partial charge is 0.339 e. The zero-order valence-electron chi connectivity index (χ0n) is 16.9. The Morgan fingerprint density at radius 1 is 0.929 bits per heavy atom. The van der Waals surface area contributed by atoms with Crippen molar-refractivity contribution in [3.8, 4) is 0 Å². The van der Waals surface area contributed by atoms with Gasteiger partial charge in [0, 0.05) is 0 Å². The maximum Gasteiger partial charge on any atom is 0.339 e. The van der Waals surface area contributed by atoms with Crippen molar-refractivity contribution >= 4 is 22.1 Å². The van der Waals surface area contributed by atoms with Crippen LogP contribution in [-0.2, 0) is 19.6 Å². The van der Waals surface area contributed by atoms with E-state index in [1.54, 1.807) is 0 Å². The van der Waals surface area contributed by atoms with E-state index in [9.17, 15) is 22.6 Å². The first-order valence-corrected chi connectivity index (χ1v) is 10.9. The molecule has 0 aliphatic rings. The Balaban J connectivity index is 2.87. The third-order valence-corrected chi connectivity index (χ3v) is 4.93. The Morgan fingerprint density at radius 2 is 1.43 bits per heavy atom. The normalized spacial score (nSPS) is 11.7. The standard InChI is InChI=1S/C20H30O7S/c1-14(2)7-5-11-26-19(21)16-9-10-17(18(13-16)28(23,24)25)20(22)27-12-6-8-15(3)4/h9-10,13-15H,5-8,11-12H2,1-4H3,(H,23,24,25). The van der Waals surface area contributed by atoms with E-state index in [2.05, 4.69) is 13.8 Å². The van der Waals surface area contributed by atoms with Crippen molar-refractivity contribution in [2.45, 2.75) is 58.3 Å². The molecule has 0 radical (unpaired) electrons. The van der Waals surface area contributed by atoms with Crippen molar-refractivity contribution in [2.24, 2.45) is 11.8 Å². The van der Waals surface area contributed by atoms with Crippen molar-refractivity contribution < 1.29 is 32.0 Å². The van der Waals surface area contributed by atoms with E-state index >= 15 is 0 Å². The summed E-state index contributed by atoms with van der Waals surface area (Å²) in [4.78, 5) is 23.6. The summed E-state index contributed by atoms with van der Waals surface area (Å²) in [6.07, 6.45) is 3.09. The third-order valence-electron chi connectivity index (χ3n) is 4.03. The highest BCUT2D eigenvalue weighted by Crippen LogP contribution is 2.20. The Labute approximate surface area is 167 Å². The molecule has 7 nitrogen and oxygen atoms in total. The summed E-state index contributed by atoms with van der Waals surface area (Å²) in [5, 5.41) is 0. The van der Waals surface area contributed by atoms with Crippen molar-refractivity contribution in [1.29, 1.82) is 0 Å². The van der Waals surface area contributed by atoms with Crippen LogP contribution in [0.2, 0.25) is 0 Å². The first-order valence-electron chi connectivity index (χ1n) is 9.48. The molecule has 158 valence electrons. The lowest BCUT2D eigenvalue weighted by atomic mass is 10.1. The maximum absolute atomic E-state index is 12.2. The summed E-state index contributed by atoms with van der Waals surface area (Å²) >= 11 is 0. The summed E-state index contributed by atoms with van der Waals surface area (Å²) in [6.45, 7) is 8.54. The van der Waals surface area contributed by atoms with E-state index in [1.807, 2.05) is 13.8 Å². The van der Waals surface area contributed by atoms with Gasteiger partial charge >= 0.3 is 11.9 Å². The molecular formula is C20H30O7S. The van der Waals surface area contributed by atoms with Crippen molar-refractivity contribution in [3.05, 3.63) is 29.3 Å². The lowest BCUT2D eigenvalue weighted by Gasteiger charge is -2.11. The minimum absolute atomic E-state index is 0.0615. The van der Waals surface area contributed by atoms with Gasteiger partial charge in [0.1, 0.15) is 4.90 Å². The van der Waals surface area contributed by atoms with Gasteiger partial charge in [-0.15, -0.1) is 0 Å². The van der Waals surface area contributed by atoms with E-state index in [0.29, 0.717) is 24.7 Å². The highest BCUT2D eigenvalue weighted by atomic mass is 32.2. The number of rotatable bonds is 11. The number of carbonyl (C=O) groups is 2. The van der Waals surface area contributed by atoms with Gasteiger partial charge in [0.15, 0.2) is 0 Å². The molecule has 1 rings (SSSR count). The number of esters is 2. The predicted octanol–water partition coefficient (Wildman–Crippen LogP) is 4.12. The first kappa shape index (κ1) is 24.1. The van der Waals surface area contributed by atoms with Gasteiger partial charge in [-0.05, 0) is 55.7 Å². The van der Waals surface area contributed by atoms with Crippen LogP contribution in [0.1, 0.15) is 74.1 Å². The van der Waals surface area contributed by atoms with Gasteiger partial charge in [-0.3, -0.25) is 4.55 Å². The van der Waals surface area contributed by atoms with Crippen molar-refractivity contribution in [3.63, 3.8) is 0 Å². The van der Waals surface area contributed by atoms with Crippen LogP contribution in [0.5, 0.6) is 0 Å². The van der Waals surface area contributed by atoms with Gasteiger partial charge in [-0.25, -0.2) is 9.59 Å². The number of hydrogen-bond donors (Lipinski definition) is 1. The topological polar surface area (TPSA) is 107 Å². The average Bonchev–Trinajstić information content (AvgIpc) is 2.60. The summed E-state index contributed by atoms with van der Waals surface area (Å²) in [6, 6.07) is 3.37. The molecule has 0 aliphatic heterocycles. The Hall–Kier alpha value is -1.93. The molecule has 28 heavy (non-hydrogen) atoms. The summed E-state index contributed by atoms with van der Waals surface area (Å²) in [7, 11) is -4.72. The lowest BCUT2D eigenvalue weighted by molar-refractivity contribution is 0.0476. The van der Waals surface area contributed by atoms with E-state index in [-0.39, 0.29) is 24.3 Å². The molecule has 0 unspecified atom stereocenters. The molecule has 0 amide bonds. The zero-order valence-corrected chi connectivity index (χ0v) is 17.8. The lowest BCUT2D eigenvalue weighted by Crippen LogP contribution is -2.15. The van der Waals surface area contributed by atoms with Crippen LogP contribution >= 0.6 is 0 Å². The third kappa shape index (κ3) is 8.39. The second-order valence-electron chi connectivity index (χ2n) is 7.53. The van der Waals surface area contributed by atoms with E-state index in [0.717, 1.165) is 25.0 Å². The fourth-order valence-corrected chi connectivity index (χ4v) is 3.21.